The average Bonchev–Trinajstić information content (AvgIpc) is 3.38. The summed E-state index contributed by atoms with van der Waals surface area (Å²) >= 11 is 0. The lowest BCUT2D eigenvalue weighted by Crippen LogP contribution is -2.49. The van der Waals surface area contributed by atoms with Crippen molar-refractivity contribution in [3.05, 3.63) is 48.2 Å². The van der Waals surface area contributed by atoms with Crippen molar-refractivity contribution in [3.8, 4) is 5.75 Å². The SMILES string of the molecule is COc1cc(F)ccc1C(CO)NC(=O)[C@H]1CCN(c2ncnc3[nH]ccc23)CC12CC2. The Hall–Kier alpha value is -3.20. The van der Waals surface area contributed by atoms with E-state index in [0.29, 0.717) is 24.3 Å². The third kappa shape index (κ3) is 3.56. The highest BCUT2D eigenvalue weighted by molar-refractivity contribution is 5.88. The number of H-pyrrole nitrogens is 1. The first-order valence-corrected chi connectivity index (χ1v) is 10.8. The van der Waals surface area contributed by atoms with Crippen LogP contribution in [0.25, 0.3) is 11.0 Å². The molecule has 1 aliphatic heterocycles. The highest BCUT2D eigenvalue weighted by atomic mass is 19.1. The molecule has 3 N–H and O–H groups in total. The number of rotatable bonds is 6. The second-order valence-electron chi connectivity index (χ2n) is 8.69. The normalized spacial score (nSPS) is 20.3. The smallest absolute Gasteiger partial charge is 0.224 e. The third-order valence-electron chi connectivity index (χ3n) is 6.84. The van der Waals surface area contributed by atoms with Crippen LogP contribution in [0, 0.1) is 17.2 Å². The van der Waals surface area contributed by atoms with Crippen LogP contribution in [0.4, 0.5) is 10.2 Å². The number of hydrogen-bond donors (Lipinski definition) is 3. The van der Waals surface area contributed by atoms with Crippen molar-refractivity contribution < 1.29 is 19.0 Å². The van der Waals surface area contributed by atoms with Gasteiger partial charge < -0.3 is 25.0 Å². The van der Waals surface area contributed by atoms with Crippen molar-refractivity contribution in [1.29, 1.82) is 0 Å². The van der Waals surface area contributed by atoms with Crippen molar-refractivity contribution in [2.24, 2.45) is 11.3 Å². The van der Waals surface area contributed by atoms with Gasteiger partial charge in [0.1, 0.15) is 29.4 Å². The van der Waals surface area contributed by atoms with E-state index < -0.39 is 11.9 Å². The number of anilines is 1. The Labute approximate surface area is 184 Å². The highest BCUT2D eigenvalue weighted by Gasteiger charge is 2.55. The van der Waals surface area contributed by atoms with Gasteiger partial charge in [-0.2, -0.15) is 0 Å². The molecular formula is C23H26FN5O3. The molecule has 3 heterocycles. The Morgan fingerprint density at radius 1 is 1.41 bits per heavy atom. The zero-order valence-corrected chi connectivity index (χ0v) is 17.8. The summed E-state index contributed by atoms with van der Waals surface area (Å²) in [4.78, 5) is 27.4. The summed E-state index contributed by atoms with van der Waals surface area (Å²) in [5.74, 6) is 0.536. The number of carbonyl (C=O) groups is 1. The molecule has 9 heteroatoms. The van der Waals surface area contributed by atoms with Crippen molar-refractivity contribution in [1.82, 2.24) is 20.3 Å². The fraction of sp³-hybridized carbons (Fsp3) is 0.435. The van der Waals surface area contributed by atoms with Crippen LogP contribution >= 0.6 is 0 Å². The van der Waals surface area contributed by atoms with Crippen LogP contribution in [0.2, 0.25) is 0 Å². The van der Waals surface area contributed by atoms with E-state index in [1.54, 1.807) is 12.4 Å². The predicted octanol–water partition coefficient (Wildman–Crippen LogP) is 2.56. The Bertz CT molecular complexity index is 1150. The van der Waals surface area contributed by atoms with Gasteiger partial charge in [0.2, 0.25) is 5.91 Å². The van der Waals surface area contributed by atoms with Gasteiger partial charge in [0.15, 0.2) is 0 Å². The summed E-state index contributed by atoms with van der Waals surface area (Å²) in [5, 5.41) is 13.9. The summed E-state index contributed by atoms with van der Waals surface area (Å²) in [6, 6.07) is 5.42. The van der Waals surface area contributed by atoms with E-state index in [-0.39, 0.29) is 23.8 Å². The molecule has 2 atom stereocenters. The number of fused-ring (bicyclic) bond motifs is 1. The Morgan fingerprint density at radius 2 is 2.25 bits per heavy atom. The molecule has 5 rings (SSSR count). The number of aromatic nitrogens is 3. The van der Waals surface area contributed by atoms with Crippen molar-refractivity contribution >= 4 is 22.8 Å². The van der Waals surface area contributed by atoms with E-state index in [1.165, 1.54) is 19.2 Å². The van der Waals surface area contributed by atoms with E-state index in [4.69, 9.17) is 4.74 Å². The molecule has 168 valence electrons. The van der Waals surface area contributed by atoms with Crippen molar-refractivity contribution in [2.45, 2.75) is 25.3 Å². The molecule has 8 nitrogen and oxygen atoms in total. The number of methoxy groups -OCH3 is 1. The second-order valence-corrected chi connectivity index (χ2v) is 8.69. The van der Waals surface area contributed by atoms with Crippen LogP contribution in [0.1, 0.15) is 30.9 Å². The maximum Gasteiger partial charge on any atom is 0.224 e. The molecule has 1 unspecified atom stereocenters. The summed E-state index contributed by atoms with van der Waals surface area (Å²) in [7, 11) is 1.44. The first-order chi connectivity index (χ1) is 15.5. The minimum Gasteiger partial charge on any atom is -0.496 e. The van der Waals surface area contributed by atoms with Crippen LogP contribution in [-0.4, -0.2) is 52.8 Å². The number of ether oxygens (including phenoxy) is 1. The number of nitrogens with zero attached hydrogens (tertiary/aromatic N) is 3. The Kier molecular flexibility index (Phi) is 5.21. The Balaban J connectivity index is 1.33. The second kappa shape index (κ2) is 8.05. The third-order valence-corrected chi connectivity index (χ3v) is 6.84. The standard InChI is InChI=1S/C23H26FN5O3/c1-32-19-10-14(24)2-3-15(19)18(11-30)28-22(31)17-5-9-29(12-23(17)6-7-23)21-16-4-8-25-20(16)26-13-27-21/h2-4,8,10,13,17-18,30H,5-7,9,11-12H2,1H3,(H,28,31)(H,25,26,27)/t17-,18?/m1/s1. The van der Waals surface area contributed by atoms with Crippen LogP contribution in [0.15, 0.2) is 36.8 Å². The van der Waals surface area contributed by atoms with Crippen LogP contribution in [0.5, 0.6) is 5.75 Å². The van der Waals surface area contributed by atoms with E-state index in [1.807, 2.05) is 12.3 Å². The fourth-order valence-electron chi connectivity index (χ4n) is 5.00. The van der Waals surface area contributed by atoms with E-state index >= 15 is 0 Å². The van der Waals surface area contributed by atoms with E-state index in [0.717, 1.165) is 36.2 Å². The Morgan fingerprint density at radius 3 is 3.00 bits per heavy atom. The number of hydrogen-bond acceptors (Lipinski definition) is 6. The van der Waals surface area contributed by atoms with Crippen molar-refractivity contribution in [2.75, 3.05) is 31.7 Å². The predicted molar refractivity (Wildman–Crippen MR) is 117 cm³/mol. The topological polar surface area (TPSA) is 103 Å². The lowest BCUT2D eigenvalue weighted by Gasteiger charge is -2.39. The van der Waals surface area contributed by atoms with Gasteiger partial charge in [0.25, 0.3) is 0 Å². The van der Waals surface area contributed by atoms with Gasteiger partial charge in [-0.05, 0) is 36.8 Å². The monoisotopic (exact) mass is 439 g/mol. The van der Waals surface area contributed by atoms with Gasteiger partial charge in [-0.1, -0.05) is 6.07 Å². The molecule has 0 radical (unpaired) electrons. The maximum absolute atomic E-state index is 13.6. The molecular weight excluding hydrogens is 413 g/mol. The summed E-state index contributed by atoms with van der Waals surface area (Å²) < 4.78 is 18.8. The minimum atomic E-state index is -0.659. The number of carbonyl (C=O) groups excluding carboxylic acids is 1. The summed E-state index contributed by atoms with van der Waals surface area (Å²) in [5.41, 5.74) is 1.27. The number of halogens is 1. The van der Waals surface area contributed by atoms with Crippen LogP contribution in [-0.2, 0) is 4.79 Å². The molecule has 1 amide bonds. The first kappa shape index (κ1) is 20.7. The number of amides is 1. The van der Waals surface area contributed by atoms with Gasteiger partial charge in [-0.25, -0.2) is 14.4 Å². The number of nitrogens with one attached hydrogen (secondary N) is 2. The number of aliphatic hydroxyl groups excluding tert-OH is 1. The molecule has 1 spiro atoms. The lowest BCUT2D eigenvalue weighted by molar-refractivity contribution is -0.129. The van der Waals surface area contributed by atoms with Gasteiger partial charge in [0.05, 0.1) is 25.1 Å². The first-order valence-electron chi connectivity index (χ1n) is 10.8. The molecule has 1 aromatic carbocycles. The number of benzene rings is 1. The number of aliphatic hydroxyl groups is 1. The van der Waals surface area contributed by atoms with Crippen LogP contribution in [0.3, 0.4) is 0 Å². The van der Waals surface area contributed by atoms with Gasteiger partial charge >= 0.3 is 0 Å². The molecule has 1 aliphatic carbocycles. The van der Waals surface area contributed by atoms with Gasteiger partial charge in [-0.3, -0.25) is 4.79 Å². The molecule has 3 aromatic rings. The lowest BCUT2D eigenvalue weighted by atomic mass is 9.81. The molecule has 2 aliphatic rings. The highest BCUT2D eigenvalue weighted by Crippen LogP contribution is 2.56. The summed E-state index contributed by atoms with van der Waals surface area (Å²) in [6.07, 6.45) is 6.07. The molecule has 1 saturated carbocycles. The summed E-state index contributed by atoms with van der Waals surface area (Å²) in [6.45, 7) is 1.17. The molecule has 2 aromatic heterocycles. The quantitative estimate of drug-likeness (QED) is 0.546. The molecule has 0 bridgehead atoms. The average molecular weight is 439 g/mol. The van der Waals surface area contributed by atoms with Crippen LogP contribution < -0.4 is 15.0 Å². The maximum atomic E-state index is 13.6. The fourth-order valence-corrected chi connectivity index (χ4v) is 5.00. The number of aromatic amines is 1. The number of piperidine rings is 1. The molecule has 1 saturated heterocycles. The zero-order valence-electron chi connectivity index (χ0n) is 17.8. The molecule has 32 heavy (non-hydrogen) atoms. The molecule has 2 fully saturated rings. The zero-order chi connectivity index (χ0) is 22.3. The van der Waals surface area contributed by atoms with Crippen molar-refractivity contribution in [3.63, 3.8) is 0 Å². The van der Waals surface area contributed by atoms with Gasteiger partial charge in [0, 0.05) is 36.8 Å². The minimum absolute atomic E-state index is 0.0814. The van der Waals surface area contributed by atoms with E-state index in [2.05, 4.69) is 25.2 Å². The van der Waals surface area contributed by atoms with E-state index in [9.17, 15) is 14.3 Å². The van der Waals surface area contributed by atoms with Gasteiger partial charge in [-0.15, -0.1) is 0 Å². The largest absolute Gasteiger partial charge is 0.496 e.